The maximum atomic E-state index is 5.15. The van der Waals surface area contributed by atoms with Crippen LogP contribution in [0.4, 0.5) is 17.1 Å². The summed E-state index contributed by atoms with van der Waals surface area (Å²) in [4.78, 5) is 7.52. The van der Waals surface area contributed by atoms with Crippen LogP contribution in [0.25, 0.3) is 82.4 Å². The zero-order valence-corrected chi connectivity index (χ0v) is 32.9. The molecular weight excluding hydrogens is 715 g/mol. The van der Waals surface area contributed by atoms with Gasteiger partial charge in [-0.25, -0.2) is 4.98 Å². The van der Waals surface area contributed by atoms with Crippen LogP contribution >= 0.6 is 0 Å². The van der Waals surface area contributed by atoms with Crippen LogP contribution in [0.2, 0.25) is 0 Å². The van der Waals surface area contributed by atoms with Crippen LogP contribution in [0.5, 0.6) is 0 Å². The van der Waals surface area contributed by atoms with Crippen molar-refractivity contribution in [3.05, 3.63) is 211 Å². The zero-order chi connectivity index (χ0) is 39.2. The Hall–Kier alpha value is -7.49. The summed E-state index contributed by atoms with van der Waals surface area (Å²) in [6.07, 6.45) is 2.13. The predicted octanol–water partition coefficient (Wildman–Crippen LogP) is 15.1. The number of benzene rings is 9. The van der Waals surface area contributed by atoms with Gasteiger partial charge in [0.1, 0.15) is 5.65 Å². The minimum atomic E-state index is -0.0726. The number of pyridine rings is 1. The maximum absolute atomic E-state index is 5.15. The van der Waals surface area contributed by atoms with Crippen molar-refractivity contribution in [3.8, 4) is 33.4 Å². The molecule has 1 aliphatic rings. The van der Waals surface area contributed by atoms with E-state index in [-0.39, 0.29) is 5.41 Å². The number of rotatable bonds is 5. The lowest BCUT2D eigenvalue weighted by Gasteiger charge is -2.28. The predicted molar refractivity (Wildman–Crippen MR) is 248 cm³/mol. The topological polar surface area (TPSA) is 20.5 Å². The van der Waals surface area contributed by atoms with Crippen molar-refractivity contribution in [3.63, 3.8) is 0 Å². The van der Waals surface area contributed by atoms with Crippen LogP contribution < -0.4 is 4.90 Å². The molecule has 278 valence electrons. The zero-order valence-electron chi connectivity index (χ0n) is 32.9. The molecule has 11 aromatic rings. The summed E-state index contributed by atoms with van der Waals surface area (Å²) >= 11 is 0. The van der Waals surface area contributed by atoms with Gasteiger partial charge in [0.25, 0.3) is 0 Å². The Kier molecular flexibility index (Phi) is 7.27. The summed E-state index contributed by atoms with van der Waals surface area (Å²) in [6, 6.07) is 70.9. The van der Waals surface area contributed by atoms with Gasteiger partial charge in [0, 0.05) is 39.4 Å². The molecule has 9 aromatic carbocycles. The molecule has 3 nitrogen and oxygen atoms in total. The summed E-state index contributed by atoms with van der Waals surface area (Å²) < 4.78 is 2.23. The number of hydrogen-bond acceptors (Lipinski definition) is 2. The van der Waals surface area contributed by atoms with E-state index >= 15 is 0 Å². The fourth-order valence-electron chi connectivity index (χ4n) is 9.85. The first-order chi connectivity index (χ1) is 29.0. The Labute approximate surface area is 343 Å². The highest BCUT2D eigenvalue weighted by Crippen LogP contribution is 2.50. The van der Waals surface area contributed by atoms with Gasteiger partial charge in [0.2, 0.25) is 0 Å². The van der Waals surface area contributed by atoms with Gasteiger partial charge >= 0.3 is 0 Å². The summed E-state index contributed by atoms with van der Waals surface area (Å²) in [5.41, 5.74) is 16.7. The Balaban J connectivity index is 0.918. The van der Waals surface area contributed by atoms with Gasteiger partial charge in [-0.05, 0) is 121 Å². The van der Waals surface area contributed by atoms with E-state index in [0.717, 1.165) is 33.7 Å². The SMILES string of the molecule is CC1(C)c2ccccc2-c2ccc(N(c3ccccc3)c3ccc(-c4ccc(-c5ccc6c(c5)c5c7ccccc7ccc5c5nc7ccccn7c65)cc4)cc3)cc21. The number of para-hydroxylation sites is 1. The third kappa shape index (κ3) is 5.11. The van der Waals surface area contributed by atoms with E-state index in [1.807, 2.05) is 0 Å². The summed E-state index contributed by atoms with van der Waals surface area (Å²) in [6.45, 7) is 4.69. The fraction of sp³-hybridized carbons (Fsp3) is 0.0536. The first-order valence-electron chi connectivity index (χ1n) is 20.5. The van der Waals surface area contributed by atoms with E-state index in [2.05, 4.69) is 223 Å². The molecule has 0 saturated heterocycles. The summed E-state index contributed by atoms with van der Waals surface area (Å²) in [5, 5.41) is 7.38. The van der Waals surface area contributed by atoms with Gasteiger partial charge in [-0.1, -0.05) is 153 Å². The van der Waals surface area contributed by atoms with E-state index in [1.165, 1.54) is 76.8 Å². The van der Waals surface area contributed by atoms with Gasteiger partial charge in [-0.2, -0.15) is 0 Å². The quantitative estimate of drug-likeness (QED) is 0.163. The molecule has 0 unspecified atom stereocenters. The van der Waals surface area contributed by atoms with E-state index in [0.29, 0.717) is 0 Å². The lowest BCUT2D eigenvalue weighted by Crippen LogP contribution is -2.16. The molecular formula is C56H39N3. The second-order valence-corrected chi connectivity index (χ2v) is 16.4. The van der Waals surface area contributed by atoms with Crippen LogP contribution in [-0.4, -0.2) is 9.38 Å². The molecule has 0 radical (unpaired) electrons. The summed E-state index contributed by atoms with van der Waals surface area (Å²) in [7, 11) is 0. The number of anilines is 3. The smallest absolute Gasteiger partial charge is 0.137 e. The highest BCUT2D eigenvalue weighted by molar-refractivity contribution is 6.30. The van der Waals surface area contributed by atoms with E-state index in [9.17, 15) is 0 Å². The second kappa shape index (κ2) is 12.8. The Morgan fingerprint density at radius 3 is 1.90 bits per heavy atom. The lowest BCUT2D eigenvalue weighted by molar-refractivity contribution is 0.660. The Morgan fingerprint density at radius 2 is 1.07 bits per heavy atom. The van der Waals surface area contributed by atoms with Crippen LogP contribution in [0, 0.1) is 0 Å². The Morgan fingerprint density at radius 1 is 0.441 bits per heavy atom. The molecule has 59 heavy (non-hydrogen) atoms. The molecule has 0 atom stereocenters. The van der Waals surface area contributed by atoms with E-state index in [1.54, 1.807) is 0 Å². The number of nitrogens with zero attached hydrogens (tertiary/aromatic N) is 3. The van der Waals surface area contributed by atoms with Crippen LogP contribution in [-0.2, 0) is 5.41 Å². The molecule has 3 heteroatoms. The van der Waals surface area contributed by atoms with Gasteiger partial charge in [0.15, 0.2) is 0 Å². The van der Waals surface area contributed by atoms with Gasteiger partial charge < -0.3 is 4.90 Å². The third-order valence-corrected chi connectivity index (χ3v) is 12.8. The molecule has 2 heterocycles. The van der Waals surface area contributed by atoms with Crippen LogP contribution in [0.15, 0.2) is 200 Å². The average molecular weight is 754 g/mol. The van der Waals surface area contributed by atoms with Crippen molar-refractivity contribution >= 4 is 66.1 Å². The van der Waals surface area contributed by atoms with Gasteiger partial charge in [-0.15, -0.1) is 0 Å². The van der Waals surface area contributed by atoms with Crippen molar-refractivity contribution in [2.24, 2.45) is 0 Å². The Bertz CT molecular complexity index is 3450. The molecule has 0 N–H and O–H groups in total. The van der Waals surface area contributed by atoms with Crippen molar-refractivity contribution in [2.75, 3.05) is 4.90 Å². The number of aromatic nitrogens is 2. The minimum absolute atomic E-state index is 0.0726. The minimum Gasteiger partial charge on any atom is -0.310 e. The highest BCUT2D eigenvalue weighted by atomic mass is 15.1. The molecule has 0 fully saturated rings. The third-order valence-electron chi connectivity index (χ3n) is 12.8. The van der Waals surface area contributed by atoms with Crippen molar-refractivity contribution < 1.29 is 0 Å². The van der Waals surface area contributed by atoms with Crippen LogP contribution in [0.1, 0.15) is 25.0 Å². The summed E-state index contributed by atoms with van der Waals surface area (Å²) in [5.74, 6) is 0. The molecule has 0 saturated carbocycles. The van der Waals surface area contributed by atoms with Gasteiger partial charge in [-0.3, -0.25) is 4.40 Å². The number of fused-ring (bicyclic) bond motifs is 13. The normalized spacial score (nSPS) is 13.1. The molecule has 0 spiro atoms. The number of imidazole rings is 1. The van der Waals surface area contributed by atoms with Crippen LogP contribution in [0.3, 0.4) is 0 Å². The van der Waals surface area contributed by atoms with Crippen molar-refractivity contribution in [1.29, 1.82) is 0 Å². The second-order valence-electron chi connectivity index (χ2n) is 16.4. The highest BCUT2D eigenvalue weighted by Gasteiger charge is 2.35. The standard InChI is InChI=1S/C56H39N3/c1-56(2)50-17-9-8-16-45(50)46-32-29-43(35-51(46)56)59(41-13-4-3-5-14-41)42-27-23-37(24-28-42)36-19-21-38(22-20-36)40-26-30-47-49(34-40)53-44-15-7-6-12-39(44)25-31-48(53)54-55(47)58-33-11-10-18-52(58)57-54/h3-35H,1-2H3. The molecule has 0 bridgehead atoms. The first kappa shape index (κ1) is 33.6. The maximum Gasteiger partial charge on any atom is 0.137 e. The lowest BCUT2D eigenvalue weighted by atomic mass is 9.82. The monoisotopic (exact) mass is 753 g/mol. The molecule has 1 aliphatic carbocycles. The molecule has 2 aromatic heterocycles. The molecule has 0 amide bonds. The van der Waals surface area contributed by atoms with Gasteiger partial charge in [0.05, 0.1) is 11.0 Å². The first-order valence-corrected chi connectivity index (χ1v) is 20.5. The largest absolute Gasteiger partial charge is 0.310 e. The average Bonchev–Trinajstić information content (AvgIpc) is 3.79. The van der Waals surface area contributed by atoms with Crippen molar-refractivity contribution in [1.82, 2.24) is 9.38 Å². The molecule has 12 rings (SSSR count). The molecule has 0 aliphatic heterocycles. The van der Waals surface area contributed by atoms with E-state index in [4.69, 9.17) is 4.98 Å². The van der Waals surface area contributed by atoms with Crippen molar-refractivity contribution in [2.45, 2.75) is 19.3 Å². The number of hydrogen-bond donors (Lipinski definition) is 0. The fourth-order valence-corrected chi connectivity index (χ4v) is 9.85. The van der Waals surface area contributed by atoms with E-state index < -0.39 is 0 Å².